The van der Waals surface area contributed by atoms with Crippen LogP contribution in [0.1, 0.15) is 170 Å². The molecule has 24 nitrogen and oxygen atoms in total. The van der Waals surface area contributed by atoms with Crippen LogP contribution in [-0.2, 0) is 50.4 Å². The van der Waals surface area contributed by atoms with Gasteiger partial charge in [0.05, 0.1) is 93.6 Å². The molecule has 0 saturated heterocycles. The van der Waals surface area contributed by atoms with Crippen molar-refractivity contribution in [3.05, 3.63) is 229 Å². The Balaban J connectivity index is 0.000000166. The van der Waals surface area contributed by atoms with Crippen LogP contribution in [-0.4, -0.2) is 124 Å². The maximum atomic E-state index is 12.8. The highest BCUT2D eigenvalue weighted by Gasteiger charge is 2.35. The fourth-order valence-electron chi connectivity index (χ4n) is 12.0. The van der Waals surface area contributed by atoms with Gasteiger partial charge in [0, 0.05) is 25.7 Å². The average molecular weight is 1520 g/mol. The van der Waals surface area contributed by atoms with Gasteiger partial charge in [-0.2, -0.15) is 73.1 Å². The van der Waals surface area contributed by atoms with E-state index in [1.807, 2.05) is 0 Å². The lowest BCUT2D eigenvalue weighted by Gasteiger charge is -2.15. The van der Waals surface area contributed by atoms with E-state index in [0.717, 1.165) is 48.5 Å². The zero-order valence-corrected chi connectivity index (χ0v) is 60.0. The summed E-state index contributed by atoms with van der Waals surface area (Å²) in [7, 11) is 0. The van der Waals surface area contributed by atoms with E-state index in [9.17, 15) is 92.3 Å². The maximum absolute atomic E-state index is 12.8. The summed E-state index contributed by atoms with van der Waals surface area (Å²) in [5.74, 6) is 1.60. The molecule has 108 heavy (non-hydrogen) atoms. The third kappa shape index (κ3) is 18.6. The monoisotopic (exact) mass is 1520 g/mol. The molecule has 0 aliphatic rings. The summed E-state index contributed by atoms with van der Waals surface area (Å²) in [6.45, 7) is 19.9. The lowest BCUT2D eigenvalue weighted by atomic mass is 10.1. The van der Waals surface area contributed by atoms with E-state index in [-0.39, 0.29) is 69.5 Å². The van der Waals surface area contributed by atoms with Gasteiger partial charge in [0.2, 0.25) is 0 Å². The zero-order chi connectivity index (χ0) is 79.7. The molecule has 0 radical (unpaired) electrons. The molecule has 8 atom stereocenters. The molecule has 12 rings (SSSR count). The van der Waals surface area contributed by atoms with Crippen molar-refractivity contribution >= 4 is 44.1 Å². The van der Waals surface area contributed by atoms with Crippen LogP contribution in [0.5, 0.6) is 0 Å². The lowest BCUT2D eigenvalue weighted by molar-refractivity contribution is -0.138. The number of nitrogens with zero attached hydrogens (tertiary/aromatic N) is 12. The van der Waals surface area contributed by atoms with Crippen molar-refractivity contribution in [2.45, 2.75) is 182 Å². The summed E-state index contributed by atoms with van der Waals surface area (Å²) in [5.41, 5.74) is 0.909. The van der Waals surface area contributed by atoms with Crippen LogP contribution < -0.4 is 22.2 Å². The maximum Gasteiger partial charge on any atom is 0.416 e. The van der Waals surface area contributed by atoms with Crippen molar-refractivity contribution in [3.63, 3.8) is 0 Å². The van der Waals surface area contributed by atoms with Crippen LogP contribution in [0.2, 0.25) is 0 Å². The Morgan fingerprint density at radius 3 is 0.602 bits per heavy atom. The first kappa shape index (κ1) is 81.4. The van der Waals surface area contributed by atoms with Crippen LogP contribution in [0.25, 0.3) is 44.1 Å². The SMILES string of the molecule is Cc1nc2c(c(C[C@@H](C)O)nn2[C@@H](C)c2ccc(C(F)(F)F)cc2)c(=O)[nH]1.Cc1nc2c(c(C[C@@H](C)O)nn2[C@H](C)c2ccc(C(F)(F)F)cc2)c(=O)[nH]1.Cc1nc2c(c(C[C@H](C)O)nn2[C@@H](C)c2ccc(C(F)(F)F)cc2)c(=O)[nH]1.Cc1nc2c(c(C[C@H](C)O)nn2[C@H](C)c2ccc(C(F)(F)F)cc2)c(=O)[nH]1. The highest BCUT2D eigenvalue weighted by Crippen LogP contribution is 2.36. The first-order valence-corrected chi connectivity index (χ1v) is 33.6. The third-order valence-electron chi connectivity index (χ3n) is 17.3. The molecular weight excluding hydrogens is 1440 g/mol. The van der Waals surface area contributed by atoms with Gasteiger partial charge in [-0.25, -0.2) is 38.7 Å². The van der Waals surface area contributed by atoms with Gasteiger partial charge in [0.1, 0.15) is 44.8 Å². The van der Waals surface area contributed by atoms with Crippen LogP contribution in [0.3, 0.4) is 0 Å². The van der Waals surface area contributed by atoms with Crippen molar-refractivity contribution in [1.29, 1.82) is 0 Å². The first-order chi connectivity index (χ1) is 50.3. The van der Waals surface area contributed by atoms with Crippen LogP contribution in [0.15, 0.2) is 116 Å². The molecule has 8 aromatic heterocycles. The molecule has 8 heterocycles. The van der Waals surface area contributed by atoms with Gasteiger partial charge in [0.15, 0.2) is 22.6 Å². The van der Waals surface area contributed by atoms with Crippen LogP contribution in [0, 0.1) is 27.7 Å². The summed E-state index contributed by atoms with van der Waals surface area (Å²) in [6, 6.07) is 17.4. The number of alkyl halides is 12. The Morgan fingerprint density at radius 1 is 0.306 bits per heavy atom. The second-order valence-corrected chi connectivity index (χ2v) is 26.4. The fraction of sp³-hybridized carbons (Fsp3) is 0.389. The number of benzene rings is 4. The molecule has 0 fully saturated rings. The van der Waals surface area contributed by atoms with E-state index in [1.54, 1.807) is 83.1 Å². The second kappa shape index (κ2) is 32.0. The van der Waals surface area contributed by atoms with Crippen molar-refractivity contribution in [1.82, 2.24) is 79.0 Å². The number of aliphatic hydroxyl groups excluding tert-OH is 4. The van der Waals surface area contributed by atoms with Crippen LogP contribution >= 0.6 is 0 Å². The molecule has 0 saturated carbocycles. The number of aromatic nitrogens is 16. The summed E-state index contributed by atoms with van der Waals surface area (Å²) in [5, 5.41) is 57.6. The molecule has 0 aliphatic heterocycles. The van der Waals surface area contributed by atoms with E-state index >= 15 is 0 Å². The second-order valence-electron chi connectivity index (χ2n) is 26.4. The lowest BCUT2D eigenvalue weighted by Crippen LogP contribution is -2.14. The molecular formula is C72H76F12N16O8. The quantitative estimate of drug-likeness (QED) is 0.0417. The number of rotatable bonds is 16. The van der Waals surface area contributed by atoms with Gasteiger partial charge < -0.3 is 40.4 Å². The third-order valence-corrected chi connectivity index (χ3v) is 17.3. The Bertz CT molecular complexity index is 4750. The van der Waals surface area contributed by atoms with E-state index < -0.39 is 95.5 Å². The molecule has 4 aromatic carbocycles. The molecule has 0 aliphatic carbocycles. The minimum atomic E-state index is -4.41. The minimum absolute atomic E-state index is 0.164. The largest absolute Gasteiger partial charge is 0.416 e. The van der Waals surface area contributed by atoms with E-state index in [1.165, 1.54) is 67.3 Å². The summed E-state index contributed by atoms with van der Waals surface area (Å²) in [4.78, 5) is 77.4. The number of hydrogen-bond donors (Lipinski definition) is 8. The molecule has 0 unspecified atom stereocenters. The zero-order valence-electron chi connectivity index (χ0n) is 60.0. The van der Waals surface area contributed by atoms with Crippen LogP contribution in [0.4, 0.5) is 52.7 Å². The predicted octanol–water partition coefficient (Wildman–Crippen LogP) is 11.9. The average Bonchev–Trinajstić information content (AvgIpc) is 1.63. The number of hydrogen-bond acceptors (Lipinski definition) is 16. The fourth-order valence-corrected chi connectivity index (χ4v) is 12.0. The first-order valence-electron chi connectivity index (χ1n) is 33.6. The highest BCUT2D eigenvalue weighted by molar-refractivity contribution is 5.80. The molecule has 0 amide bonds. The Morgan fingerprint density at radius 2 is 0.463 bits per heavy atom. The number of aromatic amines is 4. The molecule has 576 valence electrons. The topological polar surface area (TPSA) is 335 Å². The standard InChI is InChI=1S/4C18H19F3N4O2/c4*1-9(26)8-14-15-16(22-11(3)23-17(15)27)25(24-14)10(2)12-4-6-13(7-5-12)18(19,20)21/h4*4-7,9-10,26H,8H2,1-3H3,(H,22,23,27)/t2*9-,10+;2*9-,10-/m1010/s1. The summed E-state index contributed by atoms with van der Waals surface area (Å²) >= 11 is 0. The van der Waals surface area contributed by atoms with Crippen molar-refractivity contribution < 1.29 is 73.1 Å². The Kier molecular flexibility index (Phi) is 24.1. The predicted molar refractivity (Wildman–Crippen MR) is 374 cm³/mol. The molecule has 12 aromatic rings. The number of nitrogens with one attached hydrogen (secondary N) is 4. The Hall–Kier alpha value is -10.7. The summed E-state index contributed by atoms with van der Waals surface area (Å²) < 4.78 is 159. The molecule has 8 N–H and O–H groups in total. The Labute approximate surface area is 605 Å². The number of halogens is 12. The number of H-pyrrole nitrogens is 4. The van der Waals surface area contributed by atoms with Crippen molar-refractivity contribution in [2.24, 2.45) is 0 Å². The number of aliphatic hydroxyl groups is 4. The van der Waals surface area contributed by atoms with E-state index in [0.29, 0.717) is 90.9 Å². The number of fused-ring (bicyclic) bond motifs is 4. The van der Waals surface area contributed by atoms with Gasteiger partial charge in [-0.05, 0) is 154 Å². The smallest absolute Gasteiger partial charge is 0.393 e. The van der Waals surface area contributed by atoms with E-state index in [2.05, 4.69) is 60.3 Å². The van der Waals surface area contributed by atoms with Gasteiger partial charge in [-0.1, -0.05) is 48.5 Å². The van der Waals surface area contributed by atoms with E-state index in [4.69, 9.17) is 0 Å². The van der Waals surface area contributed by atoms with Gasteiger partial charge in [-0.15, -0.1) is 0 Å². The van der Waals surface area contributed by atoms with Crippen molar-refractivity contribution in [2.75, 3.05) is 0 Å². The highest BCUT2D eigenvalue weighted by atomic mass is 19.4. The van der Waals surface area contributed by atoms with Gasteiger partial charge >= 0.3 is 24.7 Å². The number of aryl methyl sites for hydroxylation is 4. The minimum Gasteiger partial charge on any atom is -0.393 e. The molecule has 0 spiro atoms. The van der Waals surface area contributed by atoms with Gasteiger partial charge in [-0.3, -0.25) is 19.2 Å². The molecule has 0 bridgehead atoms. The normalized spacial score (nSPS) is 14.5. The van der Waals surface area contributed by atoms with Gasteiger partial charge in [0.25, 0.3) is 22.2 Å². The van der Waals surface area contributed by atoms with Crippen molar-refractivity contribution in [3.8, 4) is 0 Å². The molecule has 36 heteroatoms. The summed E-state index contributed by atoms with van der Waals surface area (Å²) in [6.07, 6.45) is -19.8.